The smallest absolute Gasteiger partial charge is 0.298 e. The van der Waals surface area contributed by atoms with Crippen molar-refractivity contribution in [3.05, 3.63) is 18.2 Å². The van der Waals surface area contributed by atoms with E-state index in [1.165, 1.54) is 0 Å². The van der Waals surface area contributed by atoms with Gasteiger partial charge in [0.15, 0.2) is 5.58 Å². The average molecular weight is 247 g/mol. The molecule has 1 aromatic heterocycles. The van der Waals surface area contributed by atoms with Crippen LogP contribution in [-0.2, 0) is 4.74 Å². The number of aromatic nitrogens is 1. The highest BCUT2D eigenvalue weighted by Gasteiger charge is 2.29. The summed E-state index contributed by atoms with van der Waals surface area (Å²) in [6.07, 6.45) is 0. The maximum atomic E-state index is 5.89. The van der Waals surface area contributed by atoms with Gasteiger partial charge in [0.2, 0.25) is 0 Å². The van der Waals surface area contributed by atoms with Gasteiger partial charge in [-0.3, -0.25) is 0 Å². The quantitative estimate of drug-likeness (QED) is 0.781. The molecule has 0 bridgehead atoms. The summed E-state index contributed by atoms with van der Waals surface area (Å²) < 4.78 is 11.4. The van der Waals surface area contributed by atoms with Gasteiger partial charge in [-0.1, -0.05) is 6.07 Å². The van der Waals surface area contributed by atoms with Crippen molar-refractivity contribution >= 4 is 22.8 Å². The first kappa shape index (κ1) is 11.3. The van der Waals surface area contributed by atoms with Gasteiger partial charge in [0.1, 0.15) is 5.52 Å². The molecule has 0 unspecified atom stereocenters. The molecule has 96 valence electrons. The average Bonchev–Trinajstić information content (AvgIpc) is 2.73. The zero-order chi connectivity index (χ0) is 12.8. The molecule has 1 fully saturated rings. The van der Waals surface area contributed by atoms with Gasteiger partial charge in [0.25, 0.3) is 6.01 Å². The molecule has 5 heteroatoms. The van der Waals surface area contributed by atoms with Gasteiger partial charge < -0.3 is 19.8 Å². The van der Waals surface area contributed by atoms with Crippen LogP contribution in [-0.4, -0.2) is 30.3 Å². The molecular formula is C13H17N3O2. The lowest BCUT2D eigenvalue weighted by molar-refractivity contribution is -0.0289. The van der Waals surface area contributed by atoms with Crippen molar-refractivity contribution in [3.8, 4) is 0 Å². The number of morpholine rings is 1. The summed E-state index contributed by atoms with van der Waals surface area (Å²) in [6.45, 7) is 6.36. The van der Waals surface area contributed by atoms with Crippen LogP contribution in [0.4, 0.5) is 11.7 Å². The number of nitrogen functional groups attached to an aromatic ring is 1. The number of oxazole rings is 1. The van der Waals surface area contributed by atoms with Gasteiger partial charge in [-0.05, 0) is 26.0 Å². The van der Waals surface area contributed by atoms with Crippen molar-refractivity contribution in [1.82, 2.24) is 4.98 Å². The SMILES string of the molecule is CC1(C)CN(c2nc3c(N)cccc3o2)CCO1. The Morgan fingerprint density at radius 2 is 2.22 bits per heavy atom. The lowest BCUT2D eigenvalue weighted by atomic mass is 10.1. The van der Waals surface area contributed by atoms with E-state index in [9.17, 15) is 0 Å². The highest BCUT2D eigenvalue weighted by atomic mass is 16.5. The van der Waals surface area contributed by atoms with E-state index in [0.717, 1.165) is 24.2 Å². The Balaban J connectivity index is 1.97. The minimum atomic E-state index is -0.176. The van der Waals surface area contributed by atoms with Gasteiger partial charge in [-0.25, -0.2) is 0 Å². The van der Waals surface area contributed by atoms with Gasteiger partial charge in [-0.2, -0.15) is 4.98 Å². The summed E-state index contributed by atoms with van der Waals surface area (Å²) in [4.78, 5) is 6.58. The molecule has 0 saturated carbocycles. The third-order valence-corrected chi connectivity index (χ3v) is 3.14. The van der Waals surface area contributed by atoms with Gasteiger partial charge in [0, 0.05) is 6.54 Å². The molecular weight excluding hydrogens is 230 g/mol. The molecule has 18 heavy (non-hydrogen) atoms. The number of hydrogen-bond acceptors (Lipinski definition) is 5. The molecule has 0 spiro atoms. The first-order chi connectivity index (χ1) is 8.55. The normalized spacial score (nSPS) is 19.3. The number of ether oxygens (including phenoxy) is 1. The van der Waals surface area contributed by atoms with E-state index in [-0.39, 0.29) is 5.60 Å². The fourth-order valence-corrected chi connectivity index (χ4v) is 2.27. The second kappa shape index (κ2) is 3.88. The van der Waals surface area contributed by atoms with Crippen molar-refractivity contribution in [2.24, 2.45) is 0 Å². The summed E-state index contributed by atoms with van der Waals surface area (Å²) in [5, 5.41) is 0. The Morgan fingerprint density at radius 3 is 2.94 bits per heavy atom. The fraction of sp³-hybridized carbons (Fsp3) is 0.462. The first-order valence-electron chi connectivity index (χ1n) is 6.09. The lowest BCUT2D eigenvalue weighted by Gasteiger charge is -2.37. The summed E-state index contributed by atoms with van der Waals surface area (Å²) in [6, 6.07) is 6.21. The maximum Gasteiger partial charge on any atom is 0.298 e. The van der Waals surface area contributed by atoms with Crippen molar-refractivity contribution in [3.63, 3.8) is 0 Å². The summed E-state index contributed by atoms with van der Waals surface area (Å²) in [7, 11) is 0. The number of rotatable bonds is 1. The predicted octanol–water partition coefficient (Wildman–Crippen LogP) is 2.03. The molecule has 0 atom stereocenters. The topological polar surface area (TPSA) is 64.5 Å². The van der Waals surface area contributed by atoms with E-state index >= 15 is 0 Å². The number of hydrogen-bond donors (Lipinski definition) is 1. The molecule has 3 rings (SSSR count). The number of nitrogens with two attached hydrogens (primary N) is 1. The molecule has 1 saturated heterocycles. The van der Waals surface area contributed by atoms with E-state index in [1.54, 1.807) is 0 Å². The second-order valence-corrected chi connectivity index (χ2v) is 5.22. The standard InChI is InChI=1S/C13H17N3O2/c1-13(2)8-16(6-7-17-13)12-15-11-9(14)4-3-5-10(11)18-12/h3-5H,6-8,14H2,1-2H3. The van der Waals surface area contributed by atoms with Crippen LogP contribution in [0, 0.1) is 0 Å². The van der Waals surface area contributed by atoms with Crippen molar-refractivity contribution in [1.29, 1.82) is 0 Å². The highest BCUT2D eigenvalue weighted by Crippen LogP contribution is 2.28. The Labute approximate surface area is 106 Å². The molecule has 1 aliphatic heterocycles. The van der Waals surface area contributed by atoms with Crippen LogP contribution in [0.15, 0.2) is 22.6 Å². The van der Waals surface area contributed by atoms with Gasteiger partial charge >= 0.3 is 0 Å². The molecule has 0 aliphatic carbocycles. The van der Waals surface area contributed by atoms with Crippen molar-refractivity contribution in [2.45, 2.75) is 19.4 Å². The lowest BCUT2D eigenvalue weighted by Crippen LogP contribution is -2.48. The zero-order valence-corrected chi connectivity index (χ0v) is 10.6. The largest absolute Gasteiger partial charge is 0.423 e. The Morgan fingerprint density at radius 1 is 1.39 bits per heavy atom. The first-order valence-corrected chi connectivity index (χ1v) is 6.09. The van der Waals surface area contributed by atoms with Crippen LogP contribution in [0.3, 0.4) is 0 Å². The number of para-hydroxylation sites is 1. The molecule has 0 amide bonds. The number of benzene rings is 1. The van der Waals surface area contributed by atoms with Crippen LogP contribution in [0.25, 0.3) is 11.1 Å². The van der Waals surface area contributed by atoms with Gasteiger partial charge in [-0.15, -0.1) is 0 Å². The molecule has 0 radical (unpaired) electrons. The van der Waals surface area contributed by atoms with E-state index in [4.69, 9.17) is 14.9 Å². The molecule has 1 aliphatic rings. The Kier molecular flexibility index (Phi) is 2.45. The van der Waals surface area contributed by atoms with E-state index in [1.807, 2.05) is 18.2 Å². The number of anilines is 2. The number of fused-ring (bicyclic) bond motifs is 1. The Hall–Kier alpha value is -1.75. The van der Waals surface area contributed by atoms with Crippen LogP contribution in [0.1, 0.15) is 13.8 Å². The molecule has 2 N–H and O–H groups in total. The third kappa shape index (κ3) is 1.90. The molecule has 2 heterocycles. The number of nitrogens with zero attached hydrogens (tertiary/aromatic N) is 2. The highest BCUT2D eigenvalue weighted by molar-refractivity contribution is 5.86. The van der Waals surface area contributed by atoms with Crippen LogP contribution in [0.5, 0.6) is 0 Å². The third-order valence-electron chi connectivity index (χ3n) is 3.14. The monoisotopic (exact) mass is 247 g/mol. The fourth-order valence-electron chi connectivity index (χ4n) is 2.27. The Bertz CT molecular complexity index is 577. The summed E-state index contributed by atoms with van der Waals surface area (Å²) >= 11 is 0. The van der Waals surface area contributed by atoms with Crippen LogP contribution < -0.4 is 10.6 Å². The minimum absolute atomic E-state index is 0.176. The van der Waals surface area contributed by atoms with Crippen LogP contribution in [0.2, 0.25) is 0 Å². The summed E-state index contributed by atoms with van der Waals surface area (Å²) in [5.41, 5.74) is 7.82. The molecule has 1 aromatic carbocycles. The van der Waals surface area contributed by atoms with Crippen molar-refractivity contribution in [2.75, 3.05) is 30.3 Å². The molecule has 2 aromatic rings. The van der Waals surface area contributed by atoms with Crippen LogP contribution >= 0.6 is 0 Å². The maximum absolute atomic E-state index is 5.89. The van der Waals surface area contributed by atoms with E-state index in [0.29, 0.717) is 18.3 Å². The zero-order valence-electron chi connectivity index (χ0n) is 10.6. The van der Waals surface area contributed by atoms with Gasteiger partial charge in [0.05, 0.1) is 24.4 Å². The predicted molar refractivity (Wildman–Crippen MR) is 70.7 cm³/mol. The summed E-state index contributed by atoms with van der Waals surface area (Å²) in [5.74, 6) is 0. The van der Waals surface area contributed by atoms with E-state index < -0.39 is 0 Å². The van der Waals surface area contributed by atoms with E-state index in [2.05, 4.69) is 23.7 Å². The van der Waals surface area contributed by atoms with Crippen molar-refractivity contribution < 1.29 is 9.15 Å². The minimum Gasteiger partial charge on any atom is -0.423 e. The molecule has 5 nitrogen and oxygen atoms in total. The second-order valence-electron chi connectivity index (χ2n) is 5.22.